The molecule has 0 aromatic carbocycles. The molecule has 0 aromatic heterocycles. The topological polar surface area (TPSA) is 29.3 Å². The van der Waals surface area contributed by atoms with E-state index in [1.54, 1.807) is 0 Å². The molecule has 2 fully saturated rings. The summed E-state index contributed by atoms with van der Waals surface area (Å²) in [5, 5.41) is 0. The molecule has 1 saturated carbocycles. The zero-order chi connectivity index (χ0) is 8.55. The van der Waals surface area contributed by atoms with Crippen molar-refractivity contribution in [3.8, 4) is 0 Å². The van der Waals surface area contributed by atoms with Crippen LogP contribution in [0, 0.1) is 17.8 Å². The van der Waals surface area contributed by atoms with Crippen LogP contribution < -0.4 is 5.73 Å². The summed E-state index contributed by atoms with van der Waals surface area (Å²) in [6, 6.07) is 0. The lowest BCUT2D eigenvalue weighted by Crippen LogP contribution is -2.49. The van der Waals surface area contributed by atoms with Crippen LogP contribution in [-0.4, -0.2) is 31.6 Å². The first-order valence-electron chi connectivity index (χ1n) is 5.20. The molecular weight excluding hydrogens is 148 g/mol. The zero-order valence-electron chi connectivity index (χ0n) is 8.00. The highest BCUT2D eigenvalue weighted by molar-refractivity contribution is 4.89. The summed E-state index contributed by atoms with van der Waals surface area (Å²) in [7, 11) is 2.25. The minimum absolute atomic E-state index is 0.843. The predicted octanol–water partition coefficient (Wildman–Crippen LogP) is 0.923. The van der Waals surface area contributed by atoms with Crippen LogP contribution >= 0.6 is 0 Å². The highest BCUT2D eigenvalue weighted by Crippen LogP contribution is 2.38. The molecule has 2 aliphatic rings. The van der Waals surface area contributed by atoms with Crippen LogP contribution in [0.25, 0.3) is 0 Å². The second-order valence-corrected chi connectivity index (χ2v) is 4.57. The summed E-state index contributed by atoms with van der Waals surface area (Å²) in [4.78, 5) is 2.49. The summed E-state index contributed by atoms with van der Waals surface area (Å²) in [6.07, 6.45) is 4.28. The van der Waals surface area contributed by atoms with Crippen LogP contribution in [0.3, 0.4) is 0 Å². The van der Waals surface area contributed by atoms with Gasteiger partial charge in [-0.3, -0.25) is 0 Å². The Labute approximate surface area is 75.1 Å². The average Bonchev–Trinajstić information content (AvgIpc) is 2.02. The number of nitrogens with zero attached hydrogens (tertiary/aromatic N) is 1. The van der Waals surface area contributed by atoms with Crippen molar-refractivity contribution < 1.29 is 0 Å². The summed E-state index contributed by atoms with van der Waals surface area (Å²) in [6.45, 7) is 3.50. The monoisotopic (exact) mass is 168 g/mol. The van der Waals surface area contributed by atoms with E-state index in [-0.39, 0.29) is 0 Å². The third-order valence-electron chi connectivity index (χ3n) is 3.73. The van der Waals surface area contributed by atoms with E-state index in [1.165, 1.54) is 32.4 Å². The van der Waals surface area contributed by atoms with Crippen LogP contribution in [0.15, 0.2) is 0 Å². The van der Waals surface area contributed by atoms with Gasteiger partial charge in [-0.2, -0.15) is 0 Å². The minimum atomic E-state index is 0.843. The Bertz CT molecular complexity index is 144. The van der Waals surface area contributed by atoms with Gasteiger partial charge >= 0.3 is 0 Å². The number of hydrogen-bond acceptors (Lipinski definition) is 2. The fourth-order valence-electron chi connectivity index (χ4n) is 3.17. The van der Waals surface area contributed by atoms with Gasteiger partial charge in [-0.25, -0.2) is 0 Å². The van der Waals surface area contributed by atoms with E-state index in [1.807, 2.05) is 0 Å². The normalized spacial score (nSPS) is 43.0. The molecule has 0 radical (unpaired) electrons. The fourth-order valence-corrected chi connectivity index (χ4v) is 3.17. The van der Waals surface area contributed by atoms with Crippen molar-refractivity contribution >= 4 is 0 Å². The first kappa shape index (κ1) is 8.52. The summed E-state index contributed by atoms with van der Waals surface area (Å²) < 4.78 is 0. The molecule has 70 valence electrons. The van der Waals surface area contributed by atoms with Gasteiger partial charge in [0, 0.05) is 13.1 Å². The number of fused-ring (bicyclic) bond motifs is 2. The molecule has 2 atom stereocenters. The van der Waals surface area contributed by atoms with Crippen LogP contribution in [-0.2, 0) is 0 Å². The Morgan fingerprint density at radius 2 is 1.83 bits per heavy atom. The van der Waals surface area contributed by atoms with Gasteiger partial charge in [-0.05, 0) is 44.2 Å². The number of likely N-dealkylation sites (tertiary alicyclic amines) is 1. The lowest BCUT2D eigenvalue weighted by molar-refractivity contribution is 0.0419. The molecule has 2 N–H and O–H groups in total. The first-order chi connectivity index (χ1) is 5.81. The van der Waals surface area contributed by atoms with Crippen LogP contribution in [0.1, 0.15) is 19.3 Å². The molecule has 12 heavy (non-hydrogen) atoms. The molecular formula is C10H20N2. The van der Waals surface area contributed by atoms with Crippen LogP contribution in [0.2, 0.25) is 0 Å². The zero-order valence-corrected chi connectivity index (χ0v) is 8.00. The van der Waals surface area contributed by atoms with Crippen molar-refractivity contribution in [3.63, 3.8) is 0 Å². The van der Waals surface area contributed by atoms with E-state index in [2.05, 4.69) is 11.9 Å². The lowest BCUT2D eigenvalue weighted by atomic mass is 9.69. The maximum absolute atomic E-state index is 5.82. The minimum Gasteiger partial charge on any atom is -0.330 e. The third-order valence-corrected chi connectivity index (χ3v) is 3.73. The molecule has 2 heteroatoms. The van der Waals surface area contributed by atoms with Crippen molar-refractivity contribution in [2.45, 2.75) is 19.3 Å². The fraction of sp³-hybridized carbons (Fsp3) is 1.00. The summed E-state index contributed by atoms with van der Waals surface area (Å²) in [5.74, 6) is 2.66. The molecule has 2 nitrogen and oxygen atoms in total. The number of rotatable bonds is 1. The maximum atomic E-state index is 5.82. The van der Waals surface area contributed by atoms with Gasteiger partial charge in [0.2, 0.25) is 0 Å². The van der Waals surface area contributed by atoms with Crippen LogP contribution in [0.5, 0.6) is 0 Å². The van der Waals surface area contributed by atoms with Gasteiger partial charge in [0.1, 0.15) is 0 Å². The van der Waals surface area contributed by atoms with Crippen molar-refractivity contribution in [1.29, 1.82) is 0 Å². The Hall–Kier alpha value is -0.0800. The second-order valence-electron chi connectivity index (χ2n) is 4.57. The van der Waals surface area contributed by atoms with Crippen molar-refractivity contribution in [1.82, 2.24) is 4.90 Å². The molecule has 0 spiro atoms. The molecule has 1 heterocycles. The number of nitrogens with two attached hydrogens (primary N) is 1. The Kier molecular flexibility index (Phi) is 2.37. The number of hydrogen-bond donors (Lipinski definition) is 1. The van der Waals surface area contributed by atoms with Crippen molar-refractivity contribution in [2.24, 2.45) is 23.5 Å². The van der Waals surface area contributed by atoms with Gasteiger partial charge in [-0.1, -0.05) is 6.42 Å². The Morgan fingerprint density at radius 3 is 2.33 bits per heavy atom. The van der Waals surface area contributed by atoms with E-state index in [9.17, 15) is 0 Å². The van der Waals surface area contributed by atoms with Gasteiger partial charge < -0.3 is 10.6 Å². The van der Waals surface area contributed by atoms with Crippen molar-refractivity contribution in [2.75, 3.05) is 26.7 Å². The molecule has 0 aromatic rings. The quantitative estimate of drug-likeness (QED) is 0.631. The maximum Gasteiger partial charge on any atom is 0.000996 e. The standard InChI is InChI=1S/C10H20N2/c1-12-6-8-3-2-4-9(7-12)10(8)5-11/h8-10H,2-7,11H2,1H3. The van der Waals surface area contributed by atoms with E-state index in [4.69, 9.17) is 5.73 Å². The highest BCUT2D eigenvalue weighted by atomic mass is 15.1. The van der Waals surface area contributed by atoms with Crippen LogP contribution in [0.4, 0.5) is 0 Å². The first-order valence-corrected chi connectivity index (χ1v) is 5.20. The molecule has 0 amide bonds. The SMILES string of the molecule is CN1CC2CCCC(C1)C2CN. The second kappa shape index (κ2) is 3.35. The van der Waals surface area contributed by atoms with Gasteiger partial charge in [0.05, 0.1) is 0 Å². The molecule has 1 saturated heterocycles. The summed E-state index contributed by atoms with van der Waals surface area (Å²) >= 11 is 0. The van der Waals surface area contributed by atoms with E-state index >= 15 is 0 Å². The molecule has 2 unspecified atom stereocenters. The molecule has 1 aliphatic heterocycles. The highest BCUT2D eigenvalue weighted by Gasteiger charge is 2.37. The van der Waals surface area contributed by atoms with E-state index in [0.29, 0.717) is 0 Å². The molecule has 2 rings (SSSR count). The van der Waals surface area contributed by atoms with Gasteiger partial charge in [0.15, 0.2) is 0 Å². The lowest BCUT2D eigenvalue weighted by Gasteiger charge is -2.46. The Balaban J connectivity index is 2.06. The Morgan fingerprint density at radius 1 is 1.25 bits per heavy atom. The van der Waals surface area contributed by atoms with E-state index in [0.717, 1.165) is 24.3 Å². The van der Waals surface area contributed by atoms with E-state index < -0.39 is 0 Å². The van der Waals surface area contributed by atoms with Gasteiger partial charge in [0.25, 0.3) is 0 Å². The third kappa shape index (κ3) is 1.38. The average molecular weight is 168 g/mol. The molecule has 1 aliphatic carbocycles. The van der Waals surface area contributed by atoms with Crippen molar-refractivity contribution in [3.05, 3.63) is 0 Å². The summed E-state index contributed by atoms with van der Waals surface area (Å²) in [5.41, 5.74) is 5.82. The number of piperidine rings is 1. The predicted molar refractivity (Wildman–Crippen MR) is 50.9 cm³/mol. The largest absolute Gasteiger partial charge is 0.330 e. The smallest absolute Gasteiger partial charge is 0.000996 e. The molecule has 2 bridgehead atoms. The van der Waals surface area contributed by atoms with Gasteiger partial charge in [-0.15, -0.1) is 0 Å².